The lowest BCUT2D eigenvalue weighted by molar-refractivity contribution is -0.139. The molecule has 188 valence electrons. The minimum absolute atomic E-state index is 0.0803. The van der Waals surface area contributed by atoms with Gasteiger partial charge in [-0.3, -0.25) is 4.90 Å². The number of urea groups is 1. The fraction of sp³-hybridized carbons (Fsp3) is 0.259. The lowest BCUT2D eigenvalue weighted by Gasteiger charge is -2.27. The van der Waals surface area contributed by atoms with E-state index in [0.29, 0.717) is 36.5 Å². The molecule has 0 aromatic heterocycles. The van der Waals surface area contributed by atoms with Gasteiger partial charge < -0.3 is 10.2 Å². The molecular formula is C27H26F4N4O. The lowest BCUT2D eigenvalue weighted by atomic mass is 10.0. The number of halogens is 4. The number of rotatable bonds is 8. The van der Waals surface area contributed by atoms with Crippen molar-refractivity contribution < 1.29 is 22.4 Å². The largest absolute Gasteiger partial charge is 0.419 e. The molecule has 0 aliphatic heterocycles. The Morgan fingerprint density at radius 2 is 1.64 bits per heavy atom. The van der Waals surface area contributed by atoms with Gasteiger partial charge in [-0.2, -0.15) is 18.4 Å². The minimum Gasteiger partial charge on any atom is -0.307 e. The van der Waals surface area contributed by atoms with Gasteiger partial charge in [0.05, 0.1) is 17.2 Å². The fourth-order valence-corrected chi connectivity index (χ4v) is 3.74. The lowest BCUT2D eigenvalue weighted by Crippen LogP contribution is -2.41. The molecule has 0 fully saturated rings. The van der Waals surface area contributed by atoms with Crippen LogP contribution in [0.2, 0.25) is 0 Å². The first kappa shape index (κ1) is 26.7. The van der Waals surface area contributed by atoms with E-state index in [1.54, 1.807) is 30.3 Å². The predicted octanol–water partition coefficient (Wildman–Crippen LogP) is 6.76. The Kier molecular flexibility index (Phi) is 8.67. The highest BCUT2D eigenvalue weighted by Crippen LogP contribution is 2.32. The number of hydrogen-bond donors (Lipinski definition) is 1. The van der Waals surface area contributed by atoms with Crippen LogP contribution in [-0.2, 0) is 6.18 Å². The third-order valence-corrected chi connectivity index (χ3v) is 5.81. The van der Waals surface area contributed by atoms with E-state index in [0.717, 1.165) is 30.3 Å². The molecule has 5 nitrogen and oxygen atoms in total. The maximum absolute atomic E-state index is 14.0. The summed E-state index contributed by atoms with van der Waals surface area (Å²) in [7, 11) is 0. The standard InChI is InChI=1S/C27H26F4N4O/c1-3-34(4-2)14-15-35(26(36)33-22-10-13-24(25(28)17-22)27(29,30)31)23-11-8-20(9-12-23)21-7-5-6-19(16-21)18-32/h5-13,16-17H,3-4,14-15H2,1-2H3,(H,33,36). The number of nitriles is 1. The summed E-state index contributed by atoms with van der Waals surface area (Å²) >= 11 is 0. The van der Waals surface area contributed by atoms with Crippen LogP contribution in [0.4, 0.5) is 33.7 Å². The molecule has 0 bridgehead atoms. The number of likely N-dealkylation sites (N-methyl/N-ethyl adjacent to an activating group) is 1. The van der Waals surface area contributed by atoms with Gasteiger partial charge in [0.15, 0.2) is 0 Å². The summed E-state index contributed by atoms with van der Waals surface area (Å²) in [6.45, 7) is 6.44. The molecular weight excluding hydrogens is 472 g/mol. The Morgan fingerprint density at radius 1 is 0.944 bits per heavy atom. The van der Waals surface area contributed by atoms with Gasteiger partial charge in [0.1, 0.15) is 5.82 Å². The summed E-state index contributed by atoms with van der Waals surface area (Å²) in [4.78, 5) is 16.7. The van der Waals surface area contributed by atoms with Crippen molar-refractivity contribution in [2.75, 3.05) is 36.4 Å². The van der Waals surface area contributed by atoms with Crippen molar-refractivity contribution in [2.45, 2.75) is 20.0 Å². The van der Waals surface area contributed by atoms with Crippen LogP contribution in [0.1, 0.15) is 25.0 Å². The number of carbonyl (C=O) groups is 1. The van der Waals surface area contributed by atoms with Gasteiger partial charge in [-0.15, -0.1) is 0 Å². The summed E-state index contributed by atoms with van der Waals surface area (Å²) in [5.74, 6) is -1.46. The Balaban J connectivity index is 1.86. The number of anilines is 2. The number of benzene rings is 3. The molecule has 3 aromatic carbocycles. The van der Waals surface area contributed by atoms with E-state index >= 15 is 0 Å². The molecule has 9 heteroatoms. The first-order valence-corrected chi connectivity index (χ1v) is 11.4. The predicted molar refractivity (Wildman–Crippen MR) is 132 cm³/mol. The average molecular weight is 499 g/mol. The average Bonchev–Trinajstić information content (AvgIpc) is 2.86. The molecule has 0 atom stereocenters. The Hall–Kier alpha value is -3.90. The highest BCUT2D eigenvalue weighted by molar-refractivity contribution is 6.01. The molecule has 0 heterocycles. The topological polar surface area (TPSA) is 59.4 Å². The van der Waals surface area contributed by atoms with Crippen molar-refractivity contribution >= 4 is 17.4 Å². The number of nitrogens with zero attached hydrogens (tertiary/aromatic N) is 3. The van der Waals surface area contributed by atoms with Gasteiger partial charge in [-0.05, 0) is 66.7 Å². The van der Waals surface area contributed by atoms with Crippen molar-refractivity contribution in [3.8, 4) is 17.2 Å². The van der Waals surface area contributed by atoms with E-state index < -0.39 is 23.6 Å². The number of carbonyl (C=O) groups excluding carboxylic acids is 1. The second-order valence-electron chi connectivity index (χ2n) is 8.04. The van der Waals surface area contributed by atoms with Crippen LogP contribution in [0.25, 0.3) is 11.1 Å². The molecule has 0 saturated carbocycles. The first-order valence-electron chi connectivity index (χ1n) is 11.4. The van der Waals surface area contributed by atoms with E-state index in [1.165, 1.54) is 4.90 Å². The Morgan fingerprint density at radius 3 is 2.22 bits per heavy atom. The normalized spacial score (nSPS) is 11.3. The number of amides is 2. The van der Waals surface area contributed by atoms with Crippen molar-refractivity contribution in [3.05, 3.63) is 83.7 Å². The van der Waals surface area contributed by atoms with Crippen LogP contribution in [-0.4, -0.2) is 37.1 Å². The zero-order valence-electron chi connectivity index (χ0n) is 19.9. The van der Waals surface area contributed by atoms with Crippen LogP contribution in [0.3, 0.4) is 0 Å². The molecule has 3 aromatic rings. The second kappa shape index (κ2) is 11.7. The van der Waals surface area contributed by atoms with E-state index in [2.05, 4.69) is 16.3 Å². The molecule has 0 spiro atoms. The van der Waals surface area contributed by atoms with Crippen LogP contribution in [0, 0.1) is 17.1 Å². The van der Waals surface area contributed by atoms with E-state index in [1.807, 2.05) is 32.0 Å². The Labute approximate surface area is 207 Å². The minimum atomic E-state index is -4.82. The van der Waals surface area contributed by atoms with Gasteiger partial charge in [0, 0.05) is 24.5 Å². The molecule has 0 aliphatic rings. The highest BCUT2D eigenvalue weighted by atomic mass is 19.4. The summed E-state index contributed by atoms with van der Waals surface area (Å²) in [5.41, 5.74) is 1.32. The molecule has 3 rings (SSSR count). The molecule has 2 amide bonds. The third kappa shape index (κ3) is 6.61. The van der Waals surface area contributed by atoms with Crippen LogP contribution < -0.4 is 10.2 Å². The van der Waals surface area contributed by atoms with Crippen molar-refractivity contribution in [2.24, 2.45) is 0 Å². The maximum Gasteiger partial charge on any atom is 0.419 e. The summed E-state index contributed by atoms with van der Waals surface area (Å²) in [6, 6.07) is 18.1. The van der Waals surface area contributed by atoms with E-state index in [9.17, 15) is 22.4 Å². The molecule has 0 radical (unpaired) electrons. The van der Waals surface area contributed by atoms with Crippen LogP contribution in [0.5, 0.6) is 0 Å². The smallest absolute Gasteiger partial charge is 0.307 e. The molecule has 36 heavy (non-hydrogen) atoms. The number of hydrogen-bond acceptors (Lipinski definition) is 3. The van der Waals surface area contributed by atoms with Crippen molar-refractivity contribution in [1.82, 2.24) is 4.90 Å². The summed E-state index contributed by atoms with van der Waals surface area (Å²) < 4.78 is 52.6. The van der Waals surface area contributed by atoms with Gasteiger partial charge in [-0.25, -0.2) is 9.18 Å². The van der Waals surface area contributed by atoms with E-state index in [4.69, 9.17) is 5.26 Å². The van der Waals surface area contributed by atoms with E-state index in [-0.39, 0.29) is 5.69 Å². The quantitative estimate of drug-likeness (QED) is 0.349. The fourth-order valence-electron chi connectivity index (χ4n) is 3.74. The first-order chi connectivity index (χ1) is 17.2. The third-order valence-electron chi connectivity index (χ3n) is 5.81. The van der Waals surface area contributed by atoms with Gasteiger partial charge >= 0.3 is 12.2 Å². The summed E-state index contributed by atoms with van der Waals surface area (Å²) in [5, 5.41) is 11.6. The number of nitrogens with one attached hydrogen (secondary N) is 1. The maximum atomic E-state index is 14.0. The molecule has 0 saturated heterocycles. The monoisotopic (exact) mass is 498 g/mol. The number of alkyl halides is 3. The van der Waals surface area contributed by atoms with Gasteiger partial charge in [0.2, 0.25) is 0 Å². The molecule has 0 unspecified atom stereocenters. The van der Waals surface area contributed by atoms with Crippen LogP contribution >= 0.6 is 0 Å². The zero-order valence-corrected chi connectivity index (χ0v) is 19.9. The molecule has 1 N–H and O–H groups in total. The second-order valence-corrected chi connectivity index (χ2v) is 8.04. The highest BCUT2D eigenvalue weighted by Gasteiger charge is 2.34. The molecule has 0 aliphatic carbocycles. The van der Waals surface area contributed by atoms with Crippen molar-refractivity contribution in [1.29, 1.82) is 5.26 Å². The zero-order chi connectivity index (χ0) is 26.3. The van der Waals surface area contributed by atoms with Gasteiger partial charge in [-0.1, -0.05) is 38.1 Å². The summed E-state index contributed by atoms with van der Waals surface area (Å²) in [6.07, 6.45) is -4.82. The van der Waals surface area contributed by atoms with Gasteiger partial charge in [0.25, 0.3) is 0 Å². The Bertz CT molecular complexity index is 1230. The SMILES string of the molecule is CCN(CC)CCN(C(=O)Nc1ccc(C(F)(F)F)c(F)c1)c1ccc(-c2cccc(C#N)c2)cc1. The van der Waals surface area contributed by atoms with Crippen LogP contribution in [0.15, 0.2) is 66.7 Å². The van der Waals surface area contributed by atoms with Crippen molar-refractivity contribution in [3.63, 3.8) is 0 Å².